The maximum absolute atomic E-state index is 13.0. The molecule has 0 heterocycles. The lowest BCUT2D eigenvalue weighted by Gasteiger charge is -2.10. The molecule has 0 radical (unpaired) electrons. The van der Waals surface area contributed by atoms with Gasteiger partial charge in [-0.25, -0.2) is 9.18 Å². The molecule has 0 aliphatic heterocycles. The van der Waals surface area contributed by atoms with Crippen LogP contribution in [0.4, 0.5) is 10.1 Å². The Kier molecular flexibility index (Phi) is 5.08. The molecule has 6 heteroatoms. The number of hydrogen-bond donors (Lipinski definition) is 1. The van der Waals surface area contributed by atoms with Crippen LogP contribution >= 0.6 is 0 Å². The van der Waals surface area contributed by atoms with Gasteiger partial charge in [-0.2, -0.15) is 0 Å². The van der Waals surface area contributed by atoms with Gasteiger partial charge in [0, 0.05) is 0 Å². The highest BCUT2D eigenvalue weighted by Crippen LogP contribution is 2.22. The van der Waals surface area contributed by atoms with Crippen LogP contribution in [0.1, 0.15) is 10.4 Å². The van der Waals surface area contributed by atoms with Gasteiger partial charge in [0.05, 0.1) is 18.4 Å². The van der Waals surface area contributed by atoms with Crippen LogP contribution in [0.25, 0.3) is 0 Å². The standard InChI is InChI=1S/C16H14FNO4/c1-21-14-8-3-2-7-13(14)18-15(19)10-22-16(20)11-5-4-6-12(17)9-11/h2-9H,10H2,1H3,(H,18,19). The Morgan fingerprint density at radius 2 is 1.91 bits per heavy atom. The van der Waals surface area contributed by atoms with E-state index in [0.717, 1.165) is 6.07 Å². The number of methoxy groups -OCH3 is 1. The fraction of sp³-hybridized carbons (Fsp3) is 0.125. The highest BCUT2D eigenvalue weighted by molar-refractivity contribution is 5.96. The second-order valence-electron chi connectivity index (χ2n) is 4.33. The van der Waals surface area contributed by atoms with E-state index < -0.39 is 24.3 Å². The lowest BCUT2D eigenvalue weighted by Crippen LogP contribution is -2.21. The highest BCUT2D eigenvalue weighted by Gasteiger charge is 2.12. The average Bonchev–Trinajstić information content (AvgIpc) is 2.53. The third-order valence-corrected chi connectivity index (χ3v) is 2.78. The first-order valence-electron chi connectivity index (χ1n) is 6.45. The van der Waals surface area contributed by atoms with E-state index in [4.69, 9.17) is 9.47 Å². The molecule has 0 unspecified atom stereocenters. The Labute approximate surface area is 126 Å². The summed E-state index contributed by atoms with van der Waals surface area (Å²) in [6, 6.07) is 11.9. The fourth-order valence-electron chi connectivity index (χ4n) is 1.76. The molecule has 0 aromatic heterocycles. The molecule has 0 atom stereocenters. The summed E-state index contributed by atoms with van der Waals surface area (Å²) in [4.78, 5) is 23.4. The molecule has 0 aliphatic carbocycles. The second-order valence-corrected chi connectivity index (χ2v) is 4.33. The van der Waals surface area contributed by atoms with E-state index in [2.05, 4.69) is 5.32 Å². The highest BCUT2D eigenvalue weighted by atomic mass is 19.1. The molecule has 2 rings (SSSR count). The zero-order valence-corrected chi connectivity index (χ0v) is 11.8. The van der Waals surface area contributed by atoms with Crippen molar-refractivity contribution in [3.05, 3.63) is 59.9 Å². The number of halogens is 1. The number of hydrogen-bond acceptors (Lipinski definition) is 4. The summed E-state index contributed by atoms with van der Waals surface area (Å²) in [5, 5.41) is 2.56. The quantitative estimate of drug-likeness (QED) is 0.862. The van der Waals surface area contributed by atoms with Crippen LogP contribution in [0.3, 0.4) is 0 Å². The Morgan fingerprint density at radius 1 is 1.14 bits per heavy atom. The smallest absolute Gasteiger partial charge is 0.338 e. The van der Waals surface area contributed by atoms with Gasteiger partial charge in [0.25, 0.3) is 5.91 Å². The minimum absolute atomic E-state index is 0.0464. The average molecular weight is 303 g/mol. The first-order valence-corrected chi connectivity index (χ1v) is 6.45. The van der Waals surface area contributed by atoms with E-state index in [-0.39, 0.29) is 5.56 Å². The van der Waals surface area contributed by atoms with E-state index in [9.17, 15) is 14.0 Å². The number of esters is 1. The van der Waals surface area contributed by atoms with Gasteiger partial charge in [0.15, 0.2) is 6.61 Å². The number of carbonyl (C=O) groups excluding carboxylic acids is 2. The summed E-state index contributed by atoms with van der Waals surface area (Å²) in [6.45, 7) is -0.479. The molecule has 22 heavy (non-hydrogen) atoms. The third-order valence-electron chi connectivity index (χ3n) is 2.78. The summed E-state index contributed by atoms with van der Waals surface area (Å²) in [7, 11) is 1.48. The van der Waals surface area contributed by atoms with E-state index in [1.54, 1.807) is 24.3 Å². The molecule has 0 spiro atoms. The van der Waals surface area contributed by atoms with Crippen LogP contribution in [0.5, 0.6) is 5.75 Å². The maximum Gasteiger partial charge on any atom is 0.338 e. The van der Waals surface area contributed by atoms with Crippen LogP contribution < -0.4 is 10.1 Å². The minimum Gasteiger partial charge on any atom is -0.495 e. The number of amides is 1. The number of benzene rings is 2. The van der Waals surface area contributed by atoms with Gasteiger partial charge < -0.3 is 14.8 Å². The van der Waals surface area contributed by atoms with Crippen LogP contribution in [0.15, 0.2) is 48.5 Å². The number of ether oxygens (including phenoxy) is 2. The van der Waals surface area contributed by atoms with Gasteiger partial charge >= 0.3 is 5.97 Å². The predicted octanol–water partition coefficient (Wildman–Crippen LogP) is 2.63. The molecule has 2 aromatic carbocycles. The topological polar surface area (TPSA) is 64.6 Å². The van der Waals surface area contributed by atoms with Crippen molar-refractivity contribution >= 4 is 17.6 Å². The van der Waals surface area contributed by atoms with Crippen LogP contribution in [-0.4, -0.2) is 25.6 Å². The van der Waals surface area contributed by atoms with Crippen molar-refractivity contribution in [3.8, 4) is 5.75 Å². The minimum atomic E-state index is -0.769. The molecule has 0 fully saturated rings. The molecule has 0 bridgehead atoms. The van der Waals surface area contributed by atoms with Gasteiger partial charge in [0.2, 0.25) is 0 Å². The number of rotatable bonds is 5. The first-order chi connectivity index (χ1) is 10.6. The second kappa shape index (κ2) is 7.21. The number of anilines is 1. The molecule has 0 saturated carbocycles. The Morgan fingerprint density at radius 3 is 2.64 bits per heavy atom. The van der Waals surface area contributed by atoms with E-state index in [1.807, 2.05) is 0 Å². The summed E-state index contributed by atoms with van der Waals surface area (Å²) >= 11 is 0. The van der Waals surface area contributed by atoms with Gasteiger partial charge in [-0.15, -0.1) is 0 Å². The summed E-state index contributed by atoms with van der Waals surface area (Å²) in [5.74, 6) is -1.34. The molecular weight excluding hydrogens is 289 g/mol. The normalized spacial score (nSPS) is 9.91. The van der Waals surface area contributed by atoms with E-state index in [0.29, 0.717) is 11.4 Å². The fourth-order valence-corrected chi connectivity index (χ4v) is 1.76. The lowest BCUT2D eigenvalue weighted by atomic mass is 10.2. The van der Waals surface area contributed by atoms with Gasteiger partial charge in [-0.05, 0) is 30.3 Å². The molecule has 114 valence electrons. The molecular formula is C16H14FNO4. The van der Waals surface area contributed by atoms with Gasteiger partial charge in [0.1, 0.15) is 11.6 Å². The largest absolute Gasteiger partial charge is 0.495 e. The summed E-state index contributed by atoms with van der Waals surface area (Å²) in [6.07, 6.45) is 0. The zero-order chi connectivity index (χ0) is 15.9. The summed E-state index contributed by atoms with van der Waals surface area (Å²) < 4.78 is 22.9. The van der Waals surface area contributed by atoms with Crippen molar-refractivity contribution in [2.45, 2.75) is 0 Å². The molecule has 0 saturated heterocycles. The number of carbonyl (C=O) groups is 2. The van der Waals surface area contributed by atoms with Crippen molar-refractivity contribution in [1.82, 2.24) is 0 Å². The number of nitrogens with one attached hydrogen (secondary N) is 1. The van der Waals surface area contributed by atoms with Crippen LogP contribution in [0.2, 0.25) is 0 Å². The molecule has 5 nitrogen and oxygen atoms in total. The van der Waals surface area contributed by atoms with Crippen LogP contribution in [0, 0.1) is 5.82 Å². The predicted molar refractivity (Wildman–Crippen MR) is 78.3 cm³/mol. The SMILES string of the molecule is COc1ccccc1NC(=O)COC(=O)c1cccc(F)c1. The lowest BCUT2D eigenvalue weighted by molar-refractivity contribution is -0.119. The summed E-state index contributed by atoms with van der Waals surface area (Å²) in [5.41, 5.74) is 0.516. The van der Waals surface area contributed by atoms with Gasteiger partial charge in [-0.3, -0.25) is 4.79 Å². The first kappa shape index (κ1) is 15.5. The van der Waals surface area contributed by atoms with E-state index in [1.165, 1.54) is 25.3 Å². The van der Waals surface area contributed by atoms with Crippen molar-refractivity contribution in [2.24, 2.45) is 0 Å². The molecule has 1 amide bonds. The van der Waals surface area contributed by atoms with Crippen LogP contribution in [-0.2, 0) is 9.53 Å². The third kappa shape index (κ3) is 4.05. The van der Waals surface area contributed by atoms with Crippen molar-refractivity contribution in [1.29, 1.82) is 0 Å². The molecule has 1 N–H and O–H groups in total. The van der Waals surface area contributed by atoms with Crippen molar-refractivity contribution in [3.63, 3.8) is 0 Å². The Bertz CT molecular complexity index is 687. The Hall–Kier alpha value is -2.89. The molecule has 2 aromatic rings. The van der Waals surface area contributed by atoms with E-state index >= 15 is 0 Å². The zero-order valence-electron chi connectivity index (χ0n) is 11.8. The van der Waals surface area contributed by atoms with Crippen molar-refractivity contribution < 1.29 is 23.5 Å². The van der Waals surface area contributed by atoms with Crippen molar-refractivity contribution in [2.75, 3.05) is 19.0 Å². The number of para-hydroxylation sites is 2. The molecule has 0 aliphatic rings. The monoisotopic (exact) mass is 303 g/mol. The maximum atomic E-state index is 13.0. The van der Waals surface area contributed by atoms with Gasteiger partial charge in [-0.1, -0.05) is 18.2 Å². The Balaban J connectivity index is 1.91.